The van der Waals surface area contributed by atoms with Crippen molar-refractivity contribution < 1.29 is 14.7 Å². The van der Waals surface area contributed by atoms with Crippen LogP contribution in [0.25, 0.3) is 0 Å². The van der Waals surface area contributed by atoms with E-state index in [0.29, 0.717) is 19.5 Å². The summed E-state index contributed by atoms with van der Waals surface area (Å²) in [6, 6.07) is 7.97. The molecule has 1 heterocycles. The lowest BCUT2D eigenvalue weighted by molar-refractivity contribution is -0.149. The first-order chi connectivity index (χ1) is 12.0. The summed E-state index contributed by atoms with van der Waals surface area (Å²) >= 11 is 1.79. The summed E-state index contributed by atoms with van der Waals surface area (Å²) in [5, 5.41) is 12.7. The normalized spacial score (nSPS) is 26.3. The number of amides is 2. The molecule has 3 atom stereocenters. The van der Waals surface area contributed by atoms with Crippen molar-refractivity contribution in [1.82, 2.24) is 10.2 Å². The third-order valence-corrected chi connectivity index (χ3v) is 6.51. The molecule has 1 saturated heterocycles. The quantitative estimate of drug-likeness (QED) is 0.783. The Bertz CT molecular complexity index is 649. The van der Waals surface area contributed by atoms with Crippen LogP contribution >= 0.6 is 11.8 Å². The molecule has 2 amide bonds. The van der Waals surface area contributed by atoms with Crippen LogP contribution in [-0.2, 0) is 4.79 Å². The number of benzene rings is 1. The Morgan fingerprint density at radius 3 is 2.72 bits per heavy atom. The zero-order chi connectivity index (χ0) is 18.0. The molecule has 0 bridgehead atoms. The van der Waals surface area contributed by atoms with Crippen LogP contribution in [-0.4, -0.2) is 40.8 Å². The van der Waals surface area contributed by atoms with E-state index in [1.165, 1.54) is 4.90 Å². The Morgan fingerprint density at radius 2 is 2.12 bits per heavy atom. The van der Waals surface area contributed by atoms with Crippen LogP contribution in [0.2, 0.25) is 0 Å². The highest BCUT2D eigenvalue weighted by molar-refractivity contribution is 7.99. The number of nitrogens with zero attached hydrogens (tertiary/aromatic N) is 1. The van der Waals surface area contributed by atoms with Crippen LogP contribution in [0.15, 0.2) is 29.2 Å². The zero-order valence-corrected chi connectivity index (χ0v) is 15.6. The SMILES string of the molecule is CCSc1ccc(C(C)NC(=O)N2C[C@@H]3CCC[C@@]3(C(=O)O)C2)cc1. The molecule has 5 nitrogen and oxygen atoms in total. The minimum absolute atomic E-state index is 0.0939. The first-order valence-electron chi connectivity index (χ1n) is 8.98. The Hall–Kier alpha value is -1.69. The topological polar surface area (TPSA) is 69.6 Å². The summed E-state index contributed by atoms with van der Waals surface area (Å²) in [7, 11) is 0. The van der Waals surface area contributed by atoms with Gasteiger partial charge in [-0.15, -0.1) is 11.8 Å². The third-order valence-electron chi connectivity index (χ3n) is 5.61. The van der Waals surface area contributed by atoms with Gasteiger partial charge in [0.05, 0.1) is 11.5 Å². The molecule has 1 saturated carbocycles. The van der Waals surface area contributed by atoms with Gasteiger partial charge in [0.25, 0.3) is 0 Å². The Kier molecular flexibility index (Phi) is 5.27. The van der Waals surface area contributed by atoms with E-state index in [4.69, 9.17) is 0 Å². The van der Waals surface area contributed by atoms with Gasteiger partial charge in [0.15, 0.2) is 0 Å². The van der Waals surface area contributed by atoms with Crippen molar-refractivity contribution in [2.45, 2.75) is 44.0 Å². The number of fused-ring (bicyclic) bond motifs is 1. The molecule has 1 aliphatic heterocycles. The number of carbonyl (C=O) groups is 2. The van der Waals surface area contributed by atoms with Crippen LogP contribution in [0.5, 0.6) is 0 Å². The minimum Gasteiger partial charge on any atom is -0.481 e. The largest absolute Gasteiger partial charge is 0.481 e. The molecule has 1 aromatic carbocycles. The fourth-order valence-corrected chi connectivity index (χ4v) is 4.83. The van der Waals surface area contributed by atoms with E-state index >= 15 is 0 Å². The standard InChI is InChI=1S/C19H26N2O3S/c1-3-25-16-8-6-14(7-9-16)13(2)20-18(24)21-11-15-5-4-10-19(15,12-21)17(22)23/h6-9,13,15H,3-5,10-12H2,1-2H3,(H,20,24)(H,22,23)/t13?,15-,19+/m0/s1. The number of aliphatic carboxylic acids is 1. The van der Waals surface area contributed by atoms with Gasteiger partial charge in [0.1, 0.15) is 0 Å². The maximum atomic E-state index is 12.6. The molecule has 1 aliphatic carbocycles. The number of thioether (sulfide) groups is 1. The van der Waals surface area contributed by atoms with Crippen LogP contribution < -0.4 is 5.32 Å². The maximum Gasteiger partial charge on any atom is 0.317 e. The first kappa shape index (κ1) is 18.1. The fraction of sp³-hybridized carbons (Fsp3) is 0.579. The van der Waals surface area contributed by atoms with Gasteiger partial charge in [-0.1, -0.05) is 25.5 Å². The highest BCUT2D eigenvalue weighted by atomic mass is 32.2. The molecular formula is C19H26N2O3S. The highest BCUT2D eigenvalue weighted by Gasteiger charge is 2.55. The van der Waals surface area contributed by atoms with Crippen molar-refractivity contribution in [3.63, 3.8) is 0 Å². The van der Waals surface area contributed by atoms with Gasteiger partial charge in [-0.25, -0.2) is 4.79 Å². The molecule has 0 radical (unpaired) electrons. The lowest BCUT2D eigenvalue weighted by Crippen LogP contribution is -2.42. The van der Waals surface area contributed by atoms with Crippen LogP contribution in [0.1, 0.15) is 44.7 Å². The van der Waals surface area contributed by atoms with E-state index in [1.807, 2.05) is 19.1 Å². The number of carboxylic acids is 1. The lowest BCUT2D eigenvalue weighted by atomic mass is 9.81. The second-order valence-electron chi connectivity index (χ2n) is 7.10. The molecule has 1 aromatic rings. The van der Waals surface area contributed by atoms with Crippen molar-refractivity contribution >= 4 is 23.8 Å². The van der Waals surface area contributed by atoms with Crippen LogP contribution in [0.4, 0.5) is 4.79 Å². The Balaban J connectivity index is 1.61. The van der Waals surface area contributed by atoms with E-state index < -0.39 is 11.4 Å². The van der Waals surface area contributed by atoms with Gasteiger partial charge in [-0.2, -0.15) is 0 Å². The third kappa shape index (κ3) is 3.50. The monoisotopic (exact) mass is 362 g/mol. The molecule has 0 aromatic heterocycles. The predicted octanol–water partition coefficient (Wildman–Crippen LogP) is 3.76. The molecule has 6 heteroatoms. The van der Waals surface area contributed by atoms with Crippen LogP contribution in [0, 0.1) is 11.3 Å². The van der Waals surface area contributed by atoms with Gasteiger partial charge < -0.3 is 15.3 Å². The summed E-state index contributed by atoms with van der Waals surface area (Å²) in [4.78, 5) is 27.3. The molecule has 3 rings (SSSR count). The van der Waals surface area contributed by atoms with Gasteiger partial charge >= 0.3 is 12.0 Å². The van der Waals surface area contributed by atoms with Crippen molar-refractivity contribution in [3.8, 4) is 0 Å². The van der Waals surface area contributed by atoms with E-state index in [1.54, 1.807) is 16.7 Å². The highest BCUT2D eigenvalue weighted by Crippen LogP contribution is 2.48. The van der Waals surface area contributed by atoms with E-state index in [2.05, 4.69) is 24.4 Å². The molecule has 25 heavy (non-hydrogen) atoms. The Morgan fingerprint density at radius 1 is 1.40 bits per heavy atom. The number of rotatable bonds is 5. The van der Waals surface area contributed by atoms with Gasteiger partial charge in [-0.3, -0.25) is 4.79 Å². The maximum absolute atomic E-state index is 12.6. The molecule has 2 fully saturated rings. The molecule has 1 unspecified atom stereocenters. The number of carboxylic acid groups (broad SMARTS) is 1. The van der Waals surface area contributed by atoms with E-state index in [-0.39, 0.29) is 18.0 Å². The van der Waals surface area contributed by atoms with Gasteiger partial charge in [-0.05, 0) is 49.1 Å². The molecule has 136 valence electrons. The van der Waals surface area contributed by atoms with Crippen molar-refractivity contribution in [2.75, 3.05) is 18.8 Å². The summed E-state index contributed by atoms with van der Waals surface area (Å²) in [6.07, 6.45) is 2.54. The van der Waals surface area contributed by atoms with Crippen molar-refractivity contribution in [1.29, 1.82) is 0 Å². The van der Waals surface area contributed by atoms with E-state index in [9.17, 15) is 14.7 Å². The average molecular weight is 362 g/mol. The van der Waals surface area contributed by atoms with Gasteiger partial charge in [0.2, 0.25) is 0 Å². The number of nitrogens with one attached hydrogen (secondary N) is 1. The van der Waals surface area contributed by atoms with Crippen molar-refractivity contribution in [2.24, 2.45) is 11.3 Å². The van der Waals surface area contributed by atoms with E-state index in [0.717, 1.165) is 24.2 Å². The second kappa shape index (κ2) is 7.28. The van der Waals surface area contributed by atoms with Crippen molar-refractivity contribution in [3.05, 3.63) is 29.8 Å². The average Bonchev–Trinajstić information content (AvgIpc) is 3.14. The lowest BCUT2D eigenvalue weighted by Gasteiger charge is -2.24. The summed E-state index contributed by atoms with van der Waals surface area (Å²) < 4.78 is 0. The summed E-state index contributed by atoms with van der Waals surface area (Å²) in [6.45, 7) is 4.97. The fourth-order valence-electron chi connectivity index (χ4n) is 4.17. The number of likely N-dealkylation sites (tertiary alicyclic amines) is 1. The smallest absolute Gasteiger partial charge is 0.317 e. The number of urea groups is 1. The van der Waals surface area contributed by atoms with Crippen LogP contribution in [0.3, 0.4) is 0 Å². The zero-order valence-electron chi connectivity index (χ0n) is 14.8. The Labute approximate surface area is 153 Å². The summed E-state index contributed by atoms with van der Waals surface area (Å²) in [5.74, 6) is 0.381. The number of hydrogen-bond acceptors (Lipinski definition) is 3. The summed E-state index contributed by atoms with van der Waals surface area (Å²) in [5.41, 5.74) is 0.334. The number of hydrogen-bond donors (Lipinski definition) is 2. The van der Waals surface area contributed by atoms with Gasteiger partial charge in [0, 0.05) is 18.0 Å². The first-order valence-corrected chi connectivity index (χ1v) is 9.96. The molecule has 0 spiro atoms. The minimum atomic E-state index is -0.748. The second-order valence-corrected chi connectivity index (χ2v) is 8.44. The predicted molar refractivity (Wildman–Crippen MR) is 98.8 cm³/mol. The number of carbonyl (C=O) groups excluding carboxylic acids is 1. The molecular weight excluding hydrogens is 336 g/mol. The molecule has 2 aliphatic rings. The molecule has 2 N–H and O–H groups in total.